The Kier molecular flexibility index (Phi) is 3.29. The third-order valence-corrected chi connectivity index (χ3v) is 0.795. The van der Waals surface area contributed by atoms with Crippen LogP contribution in [0.25, 0.3) is 0 Å². The van der Waals surface area contributed by atoms with Crippen LogP contribution in [0.3, 0.4) is 0 Å². The minimum atomic E-state index is -1.22. The third kappa shape index (κ3) is 2.82. The van der Waals surface area contributed by atoms with E-state index in [-0.39, 0.29) is 0 Å². The molecule has 0 aliphatic carbocycles. The van der Waals surface area contributed by atoms with Gasteiger partial charge in [0.05, 0.1) is 0 Å². The van der Waals surface area contributed by atoms with Crippen LogP contribution in [-0.2, 0) is 0 Å². The van der Waals surface area contributed by atoms with Gasteiger partial charge in [-0.15, -0.1) is 0 Å². The molecule has 0 fully saturated rings. The Labute approximate surface area is 46.9 Å². The van der Waals surface area contributed by atoms with Crippen LogP contribution in [0.15, 0.2) is 0 Å². The molecule has 4 heteroatoms. The van der Waals surface area contributed by atoms with E-state index in [0.29, 0.717) is 0 Å². The van der Waals surface area contributed by atoms with Crippen LogP contribution in [-0.4, -0.2) is 29.1 Å². The molecule has 0 saturated heterocycles. The van der Waals surface area contributed by atoms with Crippen molar-refractivity contribution >= 4 is 11.6 Å². The summed E-state index contributed by atoms with van der Waals surface area (Å²) in [7, 11) is 1.50. The van der Waals surface area contributed by atoms with E-state index in [1.807, 2.05) is 0 Å². The molecule has 0 radical (unpaired) electrons. The fourth-order valence-corrected chi connectivity index (χ4v) is 0.264. The van der Waals surface area contributed by atoms with Gasteiger partial charge in [0.2, 0.25) is 0 Å². The SMILES string of the molecule is CNC(O)C(O)Cl. The zero-order valence-electron chi connectivity index (χ0n) is 3.93. The van der Waals surface area contributed by atoms with Crippen molar-refractivity contribution in [2.24, 2.45) is 0 Å². The topological polar surface area (TPSA) is 52.5 Å². The van der Waals surface area contributed by atoms with Crippen LogP contribution < -0.4 is 5.32 Å². The van der Waals surface area contributed by atoms with Gasteiger partial charge < -0.3 is 10.2 Å². The van der Waals surface area contributed by atoms with E-state index in [2.05, 4.69) is 5.32 Å². The number of nitrogens with one attached hydrogen (secondary N) is 1. The highest BCUT2D eigenvalue weighted by Gasteiger charge is 2.07. The molecule has 0 bridgehead atoms. The van der Waals surface area contributed by atoms with Crippen LogP contribution in [0, 0.1) is 0 Å². The molecule has 3 N–H and O–H groups in total. The maximum Gasteiger partial charge on any atom is 0.167 e. The number of halogens is 1. The monoisotopic (exact) mass is 125 g/mol. The van der Waals surface area contributed by atoms with Gasteiger partial charge in [0.1, 0.15) is 6.23 Å². The van der Waals surface area contributed by atoms with Crippen molar-refractivity contribution in [1.82, 2.24) is 5.32 Å². The summed E-state index contributed by atoms with van der Waals surface area (Å²) in [6, 6.07) is 0. The highest BCUT2D eigenvalue weighted by molar-refractivity contribution is 6.19. The summed E-state index contributed by atoms with van der Waals surface area (Å²) < 4.78 is 0. The molecule has 44 valence electrons. The second-order valence-corrected chi connectivity index (χ2v) is 1.55. The molecular formula is C3H8ClNO2. The minimum absolute atomic E-state index is 1.03. The molecule has 0 spiro atoms. The average molecular weight is 126 g/mol. The zero-order valence-corrected chi connectivity index (χ0v) is 4.68. The molecule has 0 heterocycles. The molecule has 0 rings (SSSR count). The predicted octanol–water partition coefficient (Wildman–Crippen LogP) is -0.919. The molecule has 3 nitrogen and oxygen atoms in total. The van der Waals surface area contributed by atoms with E-state index in [4.69, 9.17) is 21.8 Å². The lowest BCUT2D eigenvalue weighted by Gasteiger charge is -2.08. The molecule has 0 aliphatic rings. The Morgan fingerprint density at radius 3 is 2.00 bits per heavy atom. The Morgan fingerprint density at radius 2 is 2.00 bits per heavy atom. The smallest absolute Gasteiger partial charge is 0.167 e. The number of rotatable bonds is 2. The first-order valence-corrected chi connectivity index (χ1v) is 2.29. The fraction of sp³-hybridized carbons (Fsp3) is 1.00. The van der Waals surface area contributed by atoms with Crippen molar-refractivity contribution in [3.05, 3.63) is 0 Å². The molecule has 0 aromatic carbocycles. The van der Waals surface area contributed by atoms with Gasteiger partial charge in [-0.3, -0.25) is 5.32 Å². The van der Waals surface area contributed by atoms with Crippen molar-refractivity contribution in [3.63, 3.8) is 0 Å². The van der Waals surface area contributed by atoms with Crippen LogP contribution >= 0.6 is 11.6 Å². The average Bonchev–Trinajstić information content (AvgIpc) is 1.65. The van der Waals surface area contributed by atoms with Gasteiger partial charge in [-0.1, -0.05) is 11.6 Å². The maximum atomic E-state index is 8.44. The molecule has 2 atom stereocenters. The first-order chi connectivity index (χ1) is 3.18. The summed E-state index contributed by atoms with van der Waals surface area (Å²) >= 11 is 4.97. The van der Waals surface area contributed by atoms with Crippen molar-refractivity contribution in [3.8, 4) is 0 Å². The number of aliphatic hydroxyl groups excluding tert-OH is 2. The van der Waals surface area contributed by atoms with Crippen LogP contribution in [0.4, 0.5) is 0 Å². The number of hydrogen-bond acceptors (Lipinski definition) is 3. The Morgan fingerprint density at radius 1 is 1.57 bits per heavy atom. The van der Waals surface area contributed by atoms with Crippen molar-refractivity contribution in [2.45, 2.75) is 11.8 Å². The zero-order chi connectivity index (χ0) is 5.86. The van der Waals surface area contributed by atoms with Gasteiger partial charge in [-0.2, -0.15) is 0 Å². The largest absolute Gasteiger partial charge is 0.375 e. The Bertz CT molecular complexity index is 50.2. The van der Waals surface area contributed by atoms with E-state index >= 15 is 0 Å². The second kappa shape index (κ2) is 3.21. The first kappa shape index (κ1) is 7.17. The summed E-state index contributed by atoms with van der Waals surface area (Å²) in [5, 5.41) is 19.1. The van der Waals surface area contributed by atoms with Crippen LogP contribution in [0.2, 0.25) is 0 Å². The van der Waals surface area contributed by atoms with Crippen LogP contribution in [0.1, 0.15) is 0 Å². The van der Waals surface area contributed by atoms with Crippen LogP contribution in [0.5, 0.6) is 0 Å². The van der Waals surface area contributed by atoms with Crippen molar-refractivity contribution in [1.29, 1.82) is 0 Å². The second-order valence-electron chi connectivity index (χ2n) is 1.11. The normalized spacial score (nSPS) is 18.9. The number of hydrogen-bond donors (Lipinski definition) is 3. The highest BCUT2D eigenvalue weighted by atomic mass is 35.5. The van der Waals surface area contributed by atoms with E-state index in [9.17, 15) is 0 Å². The van der Waals surface area contributed by atoms with Gasteiger partial charge >= 0.3 is 0 Å². The fourth-order valence-electron chi connectivity index (χ4n) is 0.138. The molecular weight excluding hydrogens is 117 g/mol. The lowest BCUT2D eigenvalue weighted by Crippen LogP contribution is -2.33. The minimum Gasteiger partial charge on any atom is -0.375 e. The van der Waals surface area contributed by atoms with E-state index in [0.717, 1.165) is 0 Å². The van der Waals surface area contributed by atoms with E-state index < -0.39 is 11.8 Å². The molecule has 0 amide bonds. The standard InChI is InChI=1S/C3H8ClNO2/c1-5-3(7)2(4)6/h2-3,5-7H,1H3. The summed E-state index contributed by atoms with van der Waals surface area (Å²) in [6.07, 6.45) is -1.03. The maximum absolute atomic E-state index is 8.44. The van der Waals surface area contributed by atoms with Gasteiger partial charge in [-0.25, -0.2) is 0 Å². The van der Waals surface area contributed by atoms with Gasteiger partial charge in [0.25, 0.3) is 0 Å². The number of likely N-dealkylation sites (N-methyl/N-ethyl adjacent to an activating group) is 1. The van der Waals surface area contributed by atoms with E-state index in [1.165, 1.54) is 7.05 Å². The third-order valence-electron chi connectivity index (χ3n) is 0.556. The molecule has 7 heavy (non-hydrogen) atoms. The summed E-state index contributed by atoms with van der Waals surface area (Å²) in [5.74, 6) is 0. The van der Waals surface area contributed by atoms with Gasteiger partial charge in [-0.05, 0) is 7.05 Å². The van der Waals surface area contributed by atoms with Gasteiger partial charge in [0.15, 0.2) is 5.56 Å². The summed E-state index contributed by atoms with van der Waals surface area (Å²) in [5.41, 5.74) is -1.22. The Hall–Kier alpha value is 0.170. The van der Waals surface area contributed by atoms with Crippen molar-refractivity contribution in [2.75, 3.05) is 7.05 Å². The lowest BCUT2D eigenvalue weighted by molar-refractivity contribution is 0.0498. The predicted molar refractivity (Wildman–Crippen MR) is 26.9 cm³/mol. The van der Waals surface area contributed by atoms with E-state index in [1.54, 1.807) is 0 Å². The molecule has 0 aromatic heterocycles. The summed E-state index contributed by atoms with van der Waals surface area (Å²) in [4.78, 5) is 0. The highest BCUT2D eigenvalue weighted by Crippen LogP contribution is 1.91. The Balaban J connectivity index is 3.14. The number of alkyl halides is 1. The molecule has 0 aromatic rings. The quantitative estimate of drug-likeness (QED) is 0.331. The van der Waals surface area contributed by atoms with Crippen molar-refractivity contribution < 1.29 is 10.2 Å². The molecule has 2 unspecified atom stereocenters. The molecule has 0 saturated carbocycles. The lowest BCUT2D eigenvalue weighted by atomic mass is 10.6. The molecule has 0 aliphatic heterocycles. The summed E-state index contributed by atoms with van der Waals surface area (Å²) in [6.45, 7) is 0. The van der Waals surface area contributed by atoms with Gasteiger partial charge in [0, 0.05) is 0 Å². The first-order valence-electron chi connectivity index (χ1n) is 1.86. The number of aliphatic hydroxyl groups is 2.